The Bertz CT molecular complexity index is 950. The van der Waals surface area contributed by atoms with E-state index in [2.05, 4.69) is 0 Å². The molecule has 0 amide bonds. The van der Waals surface area contributed by atoms with Crippen molar-refractivity contribution in [3.8, 4) is 5.75 Å². The van der Waals surface area contributed by atoms with Crippen LogP contribution in [0.2, 0.25) is 5.02 Å². The Morgan fingerprint density at radius 1 is 0.926 bits per heavy atom. The van der Waals surface area contributed by atoms with Crippen LogP contribution in [0.1, 0.15) is 33.2 Å². The molecule has 0 aromatic heterocycles. The first-order chi connectivity index (χ1) is 13.0. The largest absolute Gasteiger partial charge is 0.423 e. The van der Waals surface area contributed by atoms with E-state index in [4.69, 9.17) is 16.3 Å². The van der Waals surface area contributed by atoms with Crippen molar-refractivity contribution in [1.29, 1.82) is 0 Å². The molecule has 0 saturated heterocycles. The number of thioether (sulfide) groups is 1. The number of ether oxygens (including phenoxy) is 1. The van der Waals surface area contributed by atoms with E-state index >= 15 is 0 Å². The fourth-order valence-corrected chi connectivity index (χ4v) is 3.36. The van der Waals surface area contributed by atoms with Crippen molar-refractivity contribution >= 4 is 35.1 Å². The summed E-state index contributed by atoms with van der Waals surface area (Å²) < 4.78 is 5.36. The predicted octanol–water partition coefficient (Wildman–Crippen LogP) is 6.05. The third-order valence-electron chi connectivity index (χ3n) is 3.86. The van der Waals surface area contributed by atoms with Gasteiger partial charge in [-0.15, -0.1) is 11.8 Å². The minimum Gasteiger partial charge on any atom is -0.423 e. The topological polar surface area (TPSA) is 43.4 Å². The maximum Gasteiger partial charge on any atom is 0.343 e. The highest BCUT2D eigenvalue weighted by Crippen LogP contribution is 2.24. The first kappa shape index (κ1) is 19.2. The molecule has 3 nitrogen and oxygen atoms in total. The Morgan fingerprint density at radius 3 is 2.30 bits per heavy atom. The number of carbonyl (C=O) groups is 2. The van der Waals surface area contributed by atoms with E-state index in [-0.39, 0.29) is 5.78 Å². The van der Waals surface area contributed by atoms with Crippen LogP contribution < -0.4 is 4.74 Å². The van der Waals surface area contributed by atoms with E-state index in [0.717, 1.165) is 21.2 Å². The lowest BCUT2D eigenvalue weighted by molar-refractivity contribution is 0.0733. The van der Waals surface area contributed by atoms with Crippen molar-refractivity contribution in [2.24, 2.45) is 0 Å². The fourth-order valence-electron chi connectivity index (χ4n) is 2.38. The molecule has 136 valence electrons. The number of Topliss-reactive ketones (excluding diaryl/α,β-unsaturated/α-hetero) is 1. The number of hydrogen-bond donors (Lipinski definition) is 0. The minimum absolute atomic E-state index is 0.0737. The molecule has 0 fully saturated rings. The summed E-state index contributed by atoms with van der Waals surface area (Å²) in [6.07, 6.45) is 0. The molecule has 27 heavy (non-hydrogen) atoms. The van der Waals surface area contributed by atoms with Gasteiger partial charge in [-0.2, -0.15) is 0 Å². The van der Waals surface area contributed by atoms with Gasteiger partial charge in [0.1, 0.15) is 5.75 Å². The molecule has 0 aliphatic carbocycles. The van der Waals surface area contributed by atoms with Crippen LogP contribution in [0, 0.1) is 0 Å². The highest BCUT2D eigenvalue weighted by Gasteiger charge is 2.10. The minimum atomic E-state index is -0.451. The third kappa shape index (κ3) is 5.46. The van der Waals surface area contributed by atoms with Crippen molar-refractivity contribution in [2.45, 2.75) is 17.6 Å². The Balaban J connectivity index is 1.60. The van der Waals surface area contributed by atoms with E-state index in [1.165, 1.54) is 6.92 Å². The first-order valence-electron chi connectivity index (χ1n) is 8.32. The van der Waals surface area contributed by atoms with Crippen molar-refractivity contribution < 1.29 is 14.3 Å². The number of hydrogen-bond acceptors (Lipinski definition) is 4. The molecule has 0 saturated carbocycles. The van der Waals surface area contributed by atoms with Gasteiger partial charge in [-0.25, -0.2) is 4.79 Å². The average molecular weight is 397 g/mol. The number of halogens is 1. The van der Waals surface area contributed by atoms with Crippen LogP contribution >= 0.6 is 23.4 Å². The quantitative estimate of drug-likeness (QED) is 0.220. The van der Waals surface area contributed by atoms with Crippen LogP contribution in [0.5, 0.6) is 5.75 Å². The second-order valence-corrected chi connectivity index (χ2v) is 7.40. The van der Waals surface area contributed by atoms with Crippen molar-refractivity contribution in [3.05, 3.63) is 94.5 Å². The van der Waals surface area contributed by atoms with Crippen LogP contribution in [0.4, 0.5) is 0 Å². The van der Waals surface area contributed by atoms with Crippen LogP contribution in [-0.2, 0) is 5.75 Å². The molecular weight excluding hydrogens is 380 g/mol. The molecular formula is C22H17ClO3S. The van der Waals surface area contributed by atoms with E-state index in [9.17, 15) is 9.59 Å². The summed E-state index contributed by atoms with van der Waals surface area (Å²) in [4.78, 5) is 24.8. The zero-order valence-corrected chi connectivity index (χ0v) is 16.2. The Kier molecular flexibility index (Phi) is 6.32. The average Bonchev–Trinajstić information content (AvgIpc) is 2.68. The maximum atomic E-state index is 12.3. The van der Waals surface area contributed by atoms with Gasteiger partial charge in [0.2, 0.25) is 0 Å². The highest BCUT2D eigenvalue weighted by molar-refractivity contribution is 7.98. The summed E-state index contributed by atoms with van der Waals surface area (Å²) in [5, 5.41) is 0.719. The lowest BCUT2D eigenvalue weighted by Crippen LogP contribution is -2.08. The molecule has 0 radical (unpaired) electrons. The van der Waals surface area contributed by atoms with Gasteiger partial charge in [0.05, 0.1) is 5.56 Å². The highest BCUT2D eigenvalue weighted by atomic mass is 35.5. The van der Waals surface area contributed by atoms with Gasteiger partial charge in [0.15, 0.2) is 5.78 Å². The molecule has 0 unspecified atom stereocenters. The van der Waals surface area contributed by atoms with Crippen molar-refractivity contribution in [3.63, 3.8) is 0 Å². The number of benzene rings is 3. The maximum absolute atomic E-state index is 12.3. The summed E-state index contributed by atoms with van der Waals surface area (Å²) in [6, 6.07) is 21.6. The van der Waals surface area contributed by atoms with Crippen LogP contribution in [0.3, 0.4) is 0 Å². The van der Waals surface area contributed by atoms with Crippen LogP contribution in [-0.4, -0.2) is 11.8 Å². The predicted molar refractivity (Wildman–Crippen MR) is 109 cm³/mol. The summed E-state index contributed by atoms with van der Waals surface area (Å²) >= 11 is 7.58. The Hall–Kier alpha value is -2.56. The second-order valence-electron chi connectivity index (χ2n) is 5.91. The van der Waals surface area contributed by atoms with E-state index < -0.39 is 5.97 Å². The molecule has 0 atom stereocenters. The fraction of sp³-hybridized carbons (Fsp3) is 0.0909. The molecule has 0 bridgehead atoms. The SMILES string of the molecule is CC(=O)c1cccc(OC(=O)c2ccc(CSc3ccc(Cl)cc3)cc2)c1. The number of rotatable bonds is 6. The number of ketones is 1. The molecule has 0 spiro atoms. The summed E-state index contributed by atoms with van der Waals surface area (Å²) in [6.45, 7) is 1.47. The normalized spacial score (nSPS) is 10.4. The van der Waals surface area contributed by atoms with Gasteiger partial charge in [0.25, 0.3) is 0 Å². The molecule has 0 aliphatic heterocycles. The third-order valence-corrected chi connectivity index (χ3v) is 5.20. The zero-order chi connectivity index (χ0) is 19.2. The summed E-state index contributed by atoms with van der Waals surface area (Å²) in [5.74, 6) is 0.621. The van der Waals surface area contributed by atoms with Gasteiger partial charge in [-0.1, -0.05) is 35.9 Å². The second kappa shape index (κ2) is 8.89. The van der Waals surface area contributed by atoms with Crippen molar-refractivity contribution in [2.75, 3.05) is 0 Å². The van der Waals surface area contributed by atoms with E-state index in [1.54, 1.807) is 48.2 Å². The number of esters is 1. The van der Waals surface area contributed by atoms with E-state index in [0.29, 0.717) is 16.9 Å². The summed E-state index contributed by atoms with van der Waals surface area (Å²) in [7, 11) is 0. The lowest BCUT2D eigenvalue weighted by atomic mass is 10.1. The van der Waals surface area contributed by atoms with Crippen LogP contribution in [0.15, 0.2) is 77.7 Å². The van der Waals surface area contributed by atoms with Crippen molar-refractivity contribution in [1.82, 2.24) is 0 Å². The molecule has 0 N–H and O–H groups in total. The molecule has 3 aromatic carbocycles. The lowest BCUT2D eigenvalue weighted by Gasteiger charge is -2.07. The number of carbonyl (C=O) groups excluding carboxylic acids is 2. The smallest absolute Gasteiger partial charge is 0.343 e. The van der Waals surface area contributed by atoms with E-state index in [1.807, 2.05) is 36.4 Å². The molecule has 0 aliphatic rings. The van der Waals surface area contributed by atoms with Gasteiger partial charge in [-0.05, 0) is 61.0 Å². The zero-order valence-electron chi connectivity index (χ0n) is 14.6. The molecule has 5 heteroatoms. The van der Waals surface area contributed by atoms with Gasteiger partial charge in [-0.3, -0.25) is 4.79 Å². The Morgan fingerprint density at radius 2 is 1.63 bits per heavy atom. The standard InChI is InChI=1S/C22H17ClO3S/c1-15(24)18-3-2-4-20(13-18)26-22(25)17-7-5-16(6-8-17)14-27-21-11-9-19(23)10-12-21/h2-13H,14H2,1H3. The molecule has 3 aromatic rings. The summed E-state index contributed by atoms with van der Waals surface area (Å²) in [5.41, 5.74) is 2.07. The van der Waals surface area contributed by atoms with Gasteiger partial charge < -0.3 is 4.74 Å². The van der Waals surface area contributed by atoms with Gasteiger partial charge in [0, 0.05) is 21.2 Å². The monoisotopic (exact) mass is 396 g/mol. The molecule has 0 heterocycles. The molecule has 3 rings (SSSR count). The Labute approximate surface area is 167 Å². The van der Waals surface area contributed by atoms with Gasteiger partial charge >= 0.3 is 5.97 Å². The first-order valence-corrected chi connectivity index (χ1v) is 9.68. The van der Waals surface area contributed by atoms with Crippen LogP contribution in [0.25, 0.3) is 0 Å².